The molecule has 0 atom stereocenters. The van der Waals surface area contributed by atoms with Crippen molar-refractivity contribution in [3.05, 3.63) is 41.1 Å². The minimum atomic E-state index is -4.42. The van der Waals surface area contributed by atoms with E-state index in [0.29, 0.717) is 18.7 Å². The number of halogens is 3. The molecule has 2 amide bonds. The molecule has 5 nitrogen and oxygen atoms in total. The number of amides is 2. The predicted octanol–water partition coefficient (Wildman–Crippen LogP) is 1.86. The lowest BCUT2D eigenvalue weighted by molar-refractivity contribution is -0.137. The van der Waals surface area contributed by atoms with Crippen LogP contribution in [0, 0.1) is 0 Å². The highest BCUT2D eigenvalue weighted by molar-refractivity contribution is 6.00. The molecule has 2 N–H and O–H groups in total. The fourth-order valence-corrected chi connectivity index (χ4v) is 1.77. The minimum absolute atomic E-state index is 0.0268. The van der Waals surface area contributed by atoms with Crippen molar-refractivity contribution in [1.29, 1.82) is 0 Å². The predicted molar refractivity (Wildman–Crippen MR) is 84.8 cm³/mol. The number of hydrogen-bond acceptors (Lipinski definition) is 3. The first-order valence-corrected chi connectivity index (χ1v) is 7.19. The second-order valence-electron chi connectivity index (χ2n) is 5.42. The molecule has 0 spiro atoms. The van der Waals surface area contributed by atoms with E-state index in [1.807, 2.05) is 19.0 Å². The van der Waals surface area contributed by atoms with Crippen LogP contribution in [0.3, 0.4) is 0 Å². The summed E-state index contributed by atoms with van der Waals surface area (Å²) < 4.78 is 37.6. The van der Waals surface area contributed by atoms with Gasteiger partial charge in [0, 0.05) is 20.0 Å². The number of rotatable bonds is 6. The first kappa shape index (κ1) is 19.7. The minimum Gasteiger partial charge on any atom is -0.349 e. The Bertz CT molecular complexity index is 608. The van der Waals surface area contributed by atoms with E-state index in [1.165, 1.54) is 25.1 Å². The summed E-state index contributed by atoms with van der Waals surface area (Å²) in [5, 5.41) is 5.02. The highest BCUT2D eigenvalue weighted by Gasteiger charge is 2.29. The Morgan fingerprint density at radius 1 is 1.17 bits per heavy atom. The summed E-state index contributed by atoms with van der Waals surface area (Å²) in [5.41, 5.74) is -0.438. The van der Waals surface area contributed by atoms with Gasteiger partial charge in [0.25, 0.3) is 5.91 Å². The molecule has 1 rings (SSSR count). The lowest BCUT2D eigenvalue weighted by Gasteiger charge is -2.12. The van der Waals surface area contributed by atoms with Gasteiger partial charge in [-0.2, -0.15) is 13.2 Å². The molecule has 0 bridgehead atoms. The first-order chi connectivity index (χ1) is 11.1. The van der Waals surface area contributed by atoms with Crippen LogP contribution in [-0.2, 0) is 15.8 Å². The standard InChI is InChI=1S/C16H20F3N3O2/c1-11(23)21-14(15(24)20-8-9-22(2)3)10-12-4-6-13(7-5-12)16(17,18)19/h4-7,10H,8-9H2,1-3H3,(H,20,24)(H,21,23)/b14-10-. The van der Waals surface area contributed by atoms with Gasteiger partial charge in [-0.15, -0.1) is 0 Å². The van der Waals surface area contributed by atoms with Gasteiger partial charge in [0.1, 0.15) is 5.70 Å². The molecule has 0 unspecified atom stereocenters. The molecule has 0 aromatic heterocycles. The van der Waals surface area contributed by atoms with E-state index >= 15 is 0 Å². The topological polar surface area (TPSA) is 61.4 Å². The number of benzene rings is 1. The van der Waals surface area contributed by atoms with E-state index in [2.05, 4.69) is 10.6 Å². The van der Waals surface area contributed by atoms with E-state index in [4.69, 9.17) is 0 Å². The van der Waals surface area contributed by atoms with E-state index in [-0.39, 0.29) is 5.70 Å². The Morgan fingerprint density at radius 3 is 2.21 bits per heavy atom. The quantitative estimate of drug-likeness (QED) is 0.775. The zero-order valence-electron chi connectivity index (χ0n) is 13.7. The number of alkyl halides is 3. The highest BCUT2D eigenvalue weighted by atomic mass is 19.4. The molecule has 1 aromatic carbocycles. The van der Waals surface area contributed by atoms with Gasteiger partial charge in [-0.3, -0.25) is 9.59 Å². The van der Waals surface area contributed by atoms with Crippen molar-refractivity contribution < 1.29 is 22.8 Å². The molecule has 0 saturated heterocycles. The molecule has 0 heterocycles. The molecule has 0 radical (unpaired) electrons. The highest BCUT2D eigenvalue weighted by Crippen LogP contribution is 2.29. The number of likely N-dealkylation sites (N-methyl/N-ethyl adjacent to an activating group) is 1. The Balaban J connectivity index is 2.92. The van der Waals surface area contributed by atoms with Crippen molar-refractivity contribution in [2.45, 2.75) is 13.1 Å². The molecule has 132 valence electrons. The van der Waals surface area contributed by atoms with Gasteiger partial charge in [-0.1, -0.05) is 12.1 Å². The summed E-state index contributed by atoms with van der Waals surface area (Å²) in [6.07, 6.45) is -3.10. The Morgan fingerprint density at radius 2 is 1.75 bits per heavy atom. The van der Waals surface area contributed by atoms with Crippen LogP contribution in [-0.4, -0.2) is 43.9 Å². The largest absolute Gasteiger partial charge is 0.416 e. The monoisotopic (exact) mass is 343 g/mol. The maximum Gasteiger partial charge on any atom is 0.416 e. The summed E-state index contributed by atoms with van der Waals surface area (Å²) in [5.74, 6) is -0.956. The van der Waals surface area contributed by atoms with Crippen LogP contribution in [0.4, 0.5) is 13.2 Å². The molecule has 24 heavy (non-hydrogen) atoms. The zero-order valence-corrected chi connectivity index (χ0v) is 13.7. The van der Waals surface area contributed by atoms with Gasteiger partial charge < -0.3 is 15.5 Å². The summed E-state index contributed by atoms with van der Waals surface area (Å²) >= 11 is 0. The van der Waals surface area contributed by atoms with Gasteiger partial charge in [0.05, 0.1) is 5.56 Å². The van der Waals surface area contributed by atoms with E-state index in [0.717, 1.165) is 12.1 Å². The third-order valence-electron chi connectivity index (χ3n) is 2.95. The molecule has 8 heteroatoms. The van der Waals surface area contributed by atoms with Crippen molar-refractivity contribution in [2.75, 3.05) is 27.2 Å². The summed E-state index contributed by atoms with van der Waals surface area (Å²) in [6, 6.07) is 4.30. The normalized spacial score (nSPS) is 12.2. The second kappa shape index (κ2) is 8.49. The van der Waals surface area contributed by atoms with Gasteiger partial charge in [0.2, 0.25) is 5.91 Å². The maximum absolute atomic E-state index is 12.5. The lowest BCUT2D eigenvalue weighted by Crippen LogP contribution is -2.37. The molecular formula is C16H20F3N3O2. The molecular weight excluding hydrogens is 323 g/mol. The first-order valence-electron chi connectivity index (χ1n) is 7.19. The third-order valence-corrected chi connectivity index (χ3v) is 2.95. The van der Waals surface area contributed by atoms with Gasteiger partial charge in [0.15, 0.2) is 0 Å². The molecule has 0 saturated carbocycles. The zero-order chi connectivity index (χ0) is 18.3. The molecule has 0 aliphatic carbocycles. The number of carbonyl (C=O) groups excluding carboxylic acids is 2. The number of carbonyl (C=O) groups is 2. The van der Waals surface area contributed by atoms with Gasteiger partial charge >= 0.3 is 6.18 Å². The molecule has 0 fully saturated rings. The van der Waals surface area contributed by atoms with Crippen LogP contribution in [0.2, 0.25) is 0 Å². The van der Waals surface area contributed by atoms with Crippen molar-refractivity contribution >= 4 is 17.9 Å². The van der Waals surface area contributed by atoms with E-state index in [1.54, 1.807) is 0 Å². The van der Waals surface area contributed by atoms with Crippen LogP contribution in [0.25, 0.3) is 6.08 Å². The van der Waals surface area contributed by atoms with Crippen molar-refractivity contribution in [2.24, 2.45) is 0 Å². The fraction of sp³-hybridized carbons (Fsp3) is 0.375. The maximum atomic E-state index is 12.5. The van der Waals surface area contributed by atoms with Gasteiger partial charge in [-0.25, -0.2) is 0 Å². The second-order valence-corrected chi connectivity index (χ2v) is 5.42. The molecule has 0 aliphatic rings. The number of nitrogens with zero attached hydrogens (tertiary/aromatic N) is 1. The van der Waals surface area contributed by atoms with Crippen LogP contribution < -0.4 is 10.6 Å². The Hall–Kier alpha value is -2.35. The smallest absolute Gasteiger partial charge is 0.349 e. The van der Waals surface area contributed by atoms with Crippen molar-refractivity contribution in [3.8, 4) is 0 Å². The van der Waals surface area contributed by atoms with Crippen molar-refractivity contribution in [1.82, 2.24) is 15.5 Å². The number of hydrogen-bond donors (Lipinski definition) is 2. The van der Waals surface area contributed by atoms with Crippen LogP contribution in [0.1, 0.15) is 18.1 Å². The summed E-state index contributed by atoms with van der Waals surface area (Å²) in [6.45, 7) is 2.23. The Kier molecular flexibility index (Phi) is 6.97. The number of nitrogens with one attached hydrogen (secondary N) is 2. The fourth-order valence-electron chi connectivity index (χ4n) is 1.77. The SMILES string of the molecule is CC(=O)N/C(=C\c1ccc(C(F)(F)F)cc1)C(=O)NCCN(C)C. The molecule has 0 aliphatic heterocycles. The van der Waals surface area contributed by atoms with Crippen LogP contribution in [0.5, 0.6) is 0 Å². The van der Waals surface area contributed by atoms with Gasteiger partial charge in [-0.05, 0) is 37.9 Å². The van der Waals surface area contributed by atoms with Crippen LogP contribution >= 0.6 is 0 Å². The summed E-state index contributed by atoms with van der Waals surface area (Å²) in [7, 11) is 3.69. The average Bonchev–Trinajstić information content (AvgIpc) is 2.45. The molecule has 1 aromatic rings. The third kappa shape index (κ3) is 6.82. The Labute approximate surface area is 138 Å². The summed E-state index contributed by atoms with van der Waals surface area (Å²) in [4.78, 5) is 25.2. The van der Waals surface area contributed by atoms with Crippen molar-refractivity contribution in [3.63, 3.8) is 0 Å². The van der Waals surface area contributed by atoms with E-state index < -0.39 is 23.6 Å². The lowest BCUT2D eigenvalue weighted by atomic mass is 10.1. The van der Waals surface area contributed by atoms with Crippen LogP contribution in [0.15, 0.2) is 30.0 Å². The average molecular weight is 343 g/mol. The van der Waals surface area contributed by atoms with E-state index in [9.17, 15) is 22.8 Å².